The molecule has 0 spiro atoms. The SMILES string of the molecule is CCC(=O)c1ccc(OC2CCCCO2)cc1O. The lowest BCUT2D eigenvalue weighted by Crippen LogP contribution is -2.24. The van der Waals surface area contributed by atoms with Crippen LogP contribution in [0.1, 0.15) is 43.0 Å². The van der Waals surface area contributed by atoms with Gasteiger partial charge in [-0.25, -0.2) is 0 Å². The summed E-state index contributed by atoms with van der Waals surface area (Å²) in [4.78, 5) is 11.5. The molecule has 0 bridgehead atoms. The highest BCUT2D eigenvalue weighted by Gasteiger charge is 2.16. The lowest BCUT2D eigenvalue weighted by Gasteiger charge is -2.23. The van der Waals surface area contributed by atoms with E-state index in [9.17, 15) is 9.90 Å². The predicted octanol–water partition coefficient (Wildman–Crippen LogP) is 2.89. The van der Waals surface area contributed by atoms with Crippen LogP contribution in [0, 0.1) is 0 Å². The molecule has 1 aliphatic rings. The van der Waals surface area contributed by atoms with Gasteiger partial charge in [-0.3, -0.25) is 4.79 Å². The Bertz CT molecular complexity index is 422. The lowest BCUT2D eigenvalue weighted by molar-refractivity contribution is -0.105. The van der Waals surface area contributed by atoms with Gasteiger partial charge in [-0.2, -0.15) is 0 Å². The molecule has 0 aliphatic carbocycles. The van der Waals surface area contributed by atoms with Crippen molar-refractivity contribution in [2.45, 2.75) is 38.9 Å². The van der Waals surface area contributed by atoms with Gasteiger partial charge in [0.05, 0.1) is 12.2 Å². The number of hydrogen-bond acceptors (Lipinski definition) is 4. The van der Waals surface area contributed by atoms with E-state index in [0.717, 1.165) is 19.3 Å². The highest BCUT2D eigenvalue weighted by atomic mass is 16.7. The first-order valence-electron chi connectivity index (χ1n) is 6.35. The monoisotopic (exact) mass is 250 g/mol. The summed E-state index contributed by atoms with van der Waals surface area (Å²) < 4.78 is 11.1. The molecule has 1 aliphatic heterocycles. The van der Waals surface area contributed by atoms with Crippen LogP contribution in [-0.4, -0.2) is 23.8 Å². The third kappa shape index (κ3) is 3.01. The van der Waals surface area contributed by atoms with E-state index in [2.05, 4.69) is 0 Å². The van der Waals surface area contributed by atoms with Gasteiger partial charge in [-0.1, -0.05) is 6.92 Å². The average Bonchev–Trinajstić information content (AvgIpc) is 2.39. The molecule has 18 heavy (non-hydrogen) atoms. The first-order valence-corrected chi connectivity index (χ1v) is 6.35. The summed E-state index contributed by atoms with van der Waals surface area (Å²) in [6.07, 6.45) is 3.14. The second-order valence-corrected chi connectivity index (χ2v) is 4.37. The Kier molecular flexibility index (Phi) is 4.20. The summed E-state index contributed by atoms with van der Waals surface area (Å²) in [6, 6.07) is 4.76. The Morgan fingerprint density at radius 2 is 2.33 bits per heavy atom. The van der Waals surface area contributed by atoms with Crippen LogP contribution in [0.5, 0.6) is 11.5 Å². The zero-order valence-electron chi connectivity index (χ0n) is 10.5. The number of carbonyl (C=O) groups excluding carboxylic acids is 1. The number of aromatic hydroxyl groups is 1. The summed E-state index contributed by atoms with van der Waals surface area (Å²) in [5, 5.41) is 9.78. The van der Waals surface area contributed by atoms with Crippen molar-refractivity contribution in [1.82, 2.24) is 0 Å². The Morgan fingerprint density at radius 3 is 2.94 bits per heavy atom. The maximum Gasteiger partial charge on any atom is 0.199 e. The van der Waals surface area contributed by atoms with Gasteiger partial charge < -0.3 is 14.6 Å². The molecule has 1 heterocycles. The molecule has 1 unspecified atom stereocenters. The van der Waals surface area contributed by atoms with E-state index in [-0.39, 0.29) is 17.8 Å². The molecule has 1 N–H and O–H groups in total. The van der Waals surface area contributed by atoms with Gasteiger partial charge in [-0.15, -0.1) is 0 Å². The minimum atomic E-state index is -0.245. The zero-order valence-corrected chi connectivity index (χ0v) is 10.5. The number of hydrogen-bond donors (Lipinski definition) is 1. The van der Waals surface area contributed by atoms with Gasteiger partial charge in [0, 0.05) is 18.9 Å². The number of Topliss-reactive ketones (excluding diaryl/α,β-unsaturated/α-hetero) is 1. The largest absolute Gasteiger partial charge is 0.507 e. The first-order chi connectivity index (χ1) is 8.70. The van der Waals surface area contributed by atoms with Crippen LogP contribution in [0.2, 0.25) is 0 Å². The molecule has 98 valence electrons. The van der Waals surface area contributed by atoms with E-state index in [1.165, 1.54) is 6.07 Å². The van der Waals surface area contributed by atoms with Crippen molar-refractivity contribution in [2.24, 2.45) is 0 Å². The third-order valence-electron chi connectivity index (χ3n) is 3.00. The topological polar surface area (TPSA) is 55.8 Å². The number of rotatable bonds is 4. The highest BCUT2D eigenvalue weighted by molar-refractivity contribution is 5.98. The molecular formula is C14H18O4. The summed E-state index contributed by atoms with van der Waals surface area (Å²) in [7, 11) is 0. The van der Waals surface area contributed by atoms with Crippen LogP contribution in [-0.2, 0) is 4.74 Å². The molecule has 0 amide bonds. The van der Waals surface area contributed by atoms with E-state index in [1.807, 2.05) is 0 Å². The van der Waals surface area contributed by atoms with Crippen molar-refractivity contribution >= 4 is 5.78 Å². The molecule has 4 heteroatoms. The summed E-state index contributed by atoms with van der Waals surface area (Å²) in [5.41, 5.74) is 0.342. The lowest BCUT2D eigenvalue weighted by atomic mass is 10.1. The summed E-state index contributed by atoms with van der Waals surface area (Å²) in [5.74, 6) is 0.426. The Balaban J connectivity index is 2.06. The fraction of sp³-hybridized carbons (Fsp3) is 0.500. The smallest absolute Gasteiger partial charge is 0.199 e. The van der Waals surface area contributed by atoms with E-state index < -0.39 is 0 Å². The van der Waals surface area contributed by atoms with Crippen LogP contribution in [0.3, 0.4) is 0 Å². The number of phenols is 1. The molecule has 0 saturated carbocycles. The van der Waals surface area contributed by atoms with Gasteiger partial charge in [0.15, 0.2) is 12.1 Å². The number of benzene rings is 1. The predicted molar refractivity (Wildman–Crippen MR) is 66.9 cm³/mol. The molecule has 1 aromatic rings. The minimum Gasteiger partial charge on any atom is -0.507 e. The fourth-order valence-corrected chi connectivity index (χ4v) is 1.97. The number of ketones is 1. The van der Waals surface area contributed by atoms with E-state index >= 15 is 0 Å². The number of phenolic OH excluding ortho intramolecular Hbond substituents is 1. The molecule has 1 atom stereocenters. The first kappa shape index (κ1) is 12.9. The quantitative estimate of drug-likeness (QED) is 0.835. The molecular weight excluding hydrogens is 232 g/mol. The van der Waals surface area contributed by atoms with E-state index in [4.69, 9.17) is 9.47 Å². The fourth-order valence-electron chi connectivity index (χ4n) is 1.97. The molecule has 1 aromatic carbocycles. The van der Waals surface area contributed by atoms with E-state index in [1.54, 1.807) is 19.1 Å². The standard InChI is InChI=1S/C14H18O4/c1-2-12(15)11-7-6-10(9-13(11)16)18-14-5-3-4-8-17-14/h6-7,9,14,16H,2-5,8H2,1H3. The summed E-state index contributed by atoms with van der Waals surface area (Å²) in [6.45, 7) is 2.48. The maximum atomic E-state index is 11.5. The minimum absolute atomic E-state index is 0.0323. The summed E-state index contributed by atoms with van der Waals surface area (Å²) >= 11 is 0. The molecule has 2 rings (SSSR count). The average molecular weight is 250 g/mol. The van der Waals surface area contributed by atoms with Gasteiger partial charge in [0.25, 0.3) is 0 Å². The Hall–Kier alpha value is -1.55. The van der Waals surface area contributed by atoms with Gasteiger partial charge in [0.1, 0.15) is 11.5 Å². The Labute approximate surface area is 107 Å². The van der Waals surface area contributed by atoms with Crippen molar-refractivity contribution in [1.29, 1.82) is 0 Å². The number of carbonyl (C=O) groups is 1. The molecule has 0 aromatic heterocycles. The zero-order chi connectivity index (χ0) is 13.0. The van der Waals surface area contributed by atoms with Crippen LogP contribution in [0.15, 0.2) is 18.2 Å². The van der Waals surface area contributed by atoms with Crippen LogP contribution in [0.25, 0.3) is 0 Å². The van der Waals surface area contributed by atoms with Gasteiger partial charge >= 0.3 is 0 Å². The van der Waals surface area contributed by atoms with Crippen LogP contribution < -0.4 is 4.74 Å². The van der Waals surface area contributed by atoms with Crippen molar-refractivity contribution in [2.75, 3.05) is 6.61 Å². The Morgan fingerprint density at radius 1 is 1.50 bits per heavy atom. The molecule has 0 radical (unpaired) electrons. The van der Waals surface area contributed by atoms with Crippen LogP contribution >= 0.6 is 0 Å². The van der Waals surface area contributed by atoms with Crippen molar-refractivity contribution in [3.05, 3.63) is 23.8 Å². The highest BCUT2D eigenvalue weighted by Crippen LogP contribution is 2.26. The van der Waals surface area contributed by atoms with Gasteiger partial charge in [-0.05, 0) is 25.0 Å². The maximum absolute atomic E-state index is 11.5. The van der Waals surface area contributed by atoms with Crippen molar-refractivity contribution < 1.29 is 19.4 Å². The molecule has 4 nitrogen and oxygen atoms in total. The van der Waals surface area contributed by atoms with E-state index in [0.29, 0.717) is 24.3 Å². The molecule has 1 fully saturated rings. The van der Waals surface area contributed by atoms with Crippen molar-refractivity contribution in [3.8, 4) is 11.5 Å². The molecule has 1 saturated heterocycles. The van der Waals surface area contributed by atoms with Crippen molar-refractivity contribution in [3.63, 3.8) is 0 Å². The second kappa shape index (κ2) is 5.87. The second-order valence-electron chi connectivity index (χ2n) is 4.37. The van der Waals surface area contributed by atoms with Crippen LogP contribution in [0.4, 0.5) is 0 Å². The number of ether oxygens (including phenoxy) is 2. The van der Waals surface area contributed by atoms with Gasteiger partial charge in [0.2, 0.25) is 0 Å². The normalized spacial score (nSPS) is 19.5. The third-order valence-corrected chi connectivity index (χ3v) is 3.00.